The van der Waals surface area contributed by atoms with Crippen molar-refractivity contribution >= 4 is 28.1 Å². The molecule has 0 aliphatic carbocycles. The van der Waals surface area contributed by atoms with Crippen LogP contribution in [0.2, 0.25) is 0 Å². The summed E-state index contributed by atoms with van der Waals surface area (Å²) in [4.78, 5) is 0.851. The highest BCUT2D eigenvalue weighted by molar-refractivity contribution is 8.00. The minimum atomic E-state index is 0.127. The molecule has 3 rings (SSSR count). The van der Waals surface area contributed by atoms with Gasteiger partial charge in [0, 0.05) is 12.2 Å². The molecule has 5 nitrogen and oxygen atoms in total. The lowest BCUT2D eigenvalue weighted by atomic mass is 10.0. The molecule has 0 bridgehead atoms. The number of hydrogen-bond donors (Lipinski definition) is 1. The smallest absolute Gasteiger partial charge is 0.235 e. The quantitative estimate of drug-likeness (QED) is 0.695. The van der Waals surface area contributed by atoms with Crippen LogP contribution in [0.3, 0.4) is 0 Å². The summed E-state index contributed by atoms with van der Waals surface area (Å²) >= 11 is 3.34. The van der Waals surface area contributed by atoms with Crippen LogP contribution < -0.4 is 5.73 Å². The summed E-state index contributed by atoms with van der Waals surface area (Å²) in [5.41, 5.74) is 6.82. The van der Waals surface area contributed by atoms with Crippen molar-refractivity contribution in [3.63, 3.8) is 0 Å². The second-order valence-corrected chi connectivity index (χ2v) is 8.40. The molecule has 0 radical (unpaired) electrons. The SMILES string of the molecule is Cc1cccc(CSc2nn3c([C@@H]([NH3+])CC(C)C)nnc3s2)c1. The van der Waals surface area contributed by atoms with Crippen LogP contribution in [-0.2, 0) is 5.75 Å². The van der Waals surface area contributed by atoms with Gasteiger partial charge in [0.2, 0.25) is 10.8 Å². The Morgan fingerprint density at radius 1 is 1.30 bits per heavy atom. The van der Waals surface area contributed by atoms with E-state index in [4.69, 9.17) is 0 Å². The van der Waals surface area contributed by atoms with Crippen molar-refractivity contribution < 1.29 is 5.73 Å². The zero-order valence-electron chi connectivity index (χ0n) is 13.7. The molecule has 0 unspecified atom stereocenters. The molecule has 0 saturated heterocycles. The zero-order valence-corrected chi connectivity index (χ0v) is 15.3. The molecule has 2 heterocycles. The van der Waals surface area contributed by atoms with E-state index >= 15 is 0 Å². The van der Waals surface area contributed by atoms with Crippen molar-refractivity contribution in [1.29, 1.82) is 0 Å². The molecule has 3 N–H and O–H groups in total. The van der Waals surface area contributed by atoms with E-state index in [-0.39, 0.29) is 6.04 Å². The Hall–Kier alpha value is -1.44. The predicted molar refractivity (Wildman–Crippen MR) is 94.5 cm³/mol. The number of aromatic nitrogens is 4. The normalized spacial score (nSPS) is 13.1. The van der Waals surface area contributed by atoms with Crippen LogP contribution in [0, 0.1) is 12.8 Å². The van der Waals surface area contributed by atoms with E-state index in [1.165, 1.54) is 11.1 Å². The number of fused-ring (bicyclic) bond motifs is 1. The molecule has 0 aliphatic rings. The van der Waals surface area contributed by atoms with Gasteiger partial charge in [-0.1, -0.05) is 66.8 Å². The molecule has 0 aliphatic heterocycles. The molecule has 122 valence electrons. The molecular formula is C16H22N5S2+. The van der Waals surface area contributed by atoms with Crippen LogP contribution in [0.15, 0.2) is 28.6 Å². The molecule has 0 amide bonds. The fourth-order valence-corrected chi connectivity index (χ4v) is 4.38. The first-order chi connectivity index (χ1) is 11.0. The molecule has 0 fully saturated rings. The third-order valence-corrected chi connectivity index (χ3v) is 5.67. The molecule has 2 aromatic heterocycles. The topological polar surface area (TPSA) is 70.7 Å². The van der Waals surface area contributed by atoms with E-state index in [9.17, 15) is 0 Å². The van der Waals surface area contributed by atoms with E-state index in [2.05, 4.69) is 66.1 Å². The third kappa shape index (κ3) is 3.91. The Balaban J connectivity index is 1.74. The number of nitrogens with zero attached hydrogens (tertiary/aromatic N) is 4. The van der Waals surface area contributed by atoms with Gasteiger partial charge in [0.05, 0.1) is 0 Å². The van der Waals surface area contributed by atoms with Crippen molar-refractivity contribution in [2.45, 2.75) is 43.3 Å². The monoisotopic (exact) mass is 348 g/mol. The lowest BCUT2D eigenvalue weighted by Gasteiger charge is -2.07. The van der Waals surface area contributed by atoms with Gasteiger partial charge in [-0.3, -0.25) is 0 Å². The van der Waals surface area contributed by atoms with Gasteiger partial charge in [0.15, 0.2) is 4.34 Å². The van der Waals surface area contributed by atoms with Gasteiger partial charge >= 0.3 is 0 Å². The Bertz CT molecular complexity index is 793. The lowest BCUT2D eigenvalue weighted by molar-refractivity contribution is -0.432. The van der Waals surface area contributed by atoms with Crippen LogP contribution in [0.1, 0.15) is 43.3 Å². The summed E-state index contributed by atoms with van der Waals surface area (Å²) in [7, 11) is 0. The average molecular weight is 349 g/mol. The Morgan fingerprint density at radius 3 is 2.87 bits per heavy atom. The van der Waals surface area contributed by atoms with Crippen LogP contribution in [0.5, 0.6) is 0 Å². The summed E-state index contributed by atoms with van der Waals surface area (Å²) in [6.45, 7) is 6.51. The summed E-state index contributed by atoms with van der Waals surface area (Å²) in [6.07, 6.45) is 0.990. The van der Waals surface area contributed by atoms with Crippen molar-refractivity contribution in [3.8, 4) is 0 Å². The van der Waals surface area contributed by atoms with Crippen LogP contribution >= 0.6 is 23.1 Å². The van der Waals surface area contributed by atoms with Crippen molar-refractivity contribution in [2.24, 2.45) is 5.92 Å². The van der Waals surface area contributed by atoms with Gasteiger partial charge < -0.3 is 5.73 Å². The van der Waals surface area contributed by atoms with Gasteiger partial charge in [0.1, 0.15) is 6.04 Å². The highest BCUT2D eigenvalue weighted by Crippen LogP contribution is 2.28. The molecule has 1 atom stereocenters. The summed E-state index contributed by atoms with van der Waals surface area (Å²) in [6, 6.07) is 8.71. The standard InChI is InChI=1S/C16H21N5S2/c1-10(2)7-13(17)14-18-19-15-21(14)20-16(23-15)22-9-12-6-4-5-11(3)8-12/h4-6,8,10,13H,7,9,17H2,1-3H3/p+1/t13-/m0/s1. The first-order valence-corrected chi connectivity index (χ1v) is 9.56. The fraction of sp³-hybridized carbons (Fsp3) is 0.438. The minimum absolute atomic E-state index is 0.127. The first kappa shape index (κ1) is 16.4. The van der Waals surface area contributed by atoms with Crippen LogP contribution in [0.4, 0.5) is 0 Å². The van der Waals surface area contributed by atoms with Gasteiger partial charge in [-0.2, -0.15) is 4.52 Å². The fourth-order valence-electron chi connectivity index (χ4n) is 2.55. The van der Waals surface area contributed by atoms with Gasteiger partial charge in [0.25, 0.3) is 0 Å². The Kier molecular flexibility index (Phi) is 4.99. The van der Waals surface area contributed by atoms with E-state index < -0.39 is 0 Å². The number of rotatable bonds is 6. The van der Waals surface area contributed by atoms with Gasteiger partial charge in [-0.15, -0.1) is 15.3 Å². The summed E-state index contributed by atoms with van der Waals surface area (Å²) in [5.74, 6) is 2.37. The molecule has 3 aromatic rings. The average Bonchev–Trinajstić information content (AvgIpc) is 3.04. The highest BCUT2D eigenvalue weighted by atomic mass is 32.2. The molecule has 0 saturated carbocycles. The number of benzene rings is 1. The number of quaternary nitrogens is 1. The Morgan fingerprint density at radius 2 is 2.13 bits per heavy atom. The van der Waals surface area contributed by atoms with E-state index in [0.29, 0.717) is 5.92 Å². The maximum absolute atomic E-state index is 4.67. The maximum Gasteiger partial charge on any atom is 0.235 e. The zero-order chi connectivity index (χ0) is 16.4. The Labute approximate surface area is 144 Å². The van der Waals surface area contributed by atoms with Crippen molar-refractivity contribution in [3.05, 3.63) is 41.2 Å². The third-order valence-electron chi connectivity index (χ3n) is 3.56. The number of aryl methyl sites for hydroxylation is 1. The van der Waals surface area contributed by atoms with E-state index in [1.54, 1.807) is 23.1 Å². The van der Waals surface area contributed by atoms with Gasteiger partial charge in [-0.05, 0) is 18.4 Å². The molecule has 23 heavy (non-hydrogen) atoms. The summed E-state index contributed by atoms with van der Waals surface area (Å²) in [5, 5.41) is 13.2. The minimum Gasteiger partial charge on any atom is -0.349 e. The number of thioether (sulfide) groups is 1. The lowest BCUT2D eigenvalue weighted by Crippen LogP contribution is -2.54. The predicted octanol–water partition coefficient (Wildman–Crippen LogP) is 3.12. The summed E-state index contributed by atoms with van der Waals surface area (Å²) < 4.78 is 2.89. The molecule has 1 aromatic carbocycles. The van der Waals surface area contributed by atoms with E-state index in [1.807, 2.05) is 4.52 Å². The van der Waals surface area contributed by atoms with Crippen LogP contribution in [-0.4, -0.2) is 19.8 Å². The highest BCUT2D eigenvalue weighted by Gasteiger charge is 2.21. The molecule has 7 heteroatoms. The van der Waals surface area contributed by atoms with Crippen molar-refractivity contribution in [2.75, 3.05) is 0 Å². The van der Waals surface area contributed by atoms with Gasteiger partial charge in [-0.25, -0.2) is 0 Å². The maximum atomic E-state index is 4.67. The molecule has 0 spiro atoms. The largest absolute Gasteiger partial charge is 0.349 e. The first-order valence-electron chi connectivity index (χ1n) is 7.76. The van der Waals surface area contributed by atoms with Crippen molar-refractivity contribution in [1.82, 2.24) is 19.8 Å². The van der Waals surface area contributed by atoms with E-state index in [0.717, 1.165) is 27.3 Å². The van der Waals surface area contributed by atoms with Crippen LogP contribution in [0.25, 0.3) is 4.96 Å². The molecular weight excluding hydrogens is 326 g/mol. The number of hydrogen-bond acceptors (Lipinski definition) is 5. The second kappa shape index (κ2) is 6.98. The second-order valence-electron chi connectivity index (χ2n) is 6.22.